The number of likely N-dealkylation sites (tertiary alicyclic amines) is 1. The summed E-state index contributed by atoms with van der Waals surface area (Å²) in [6.45, 7) is 8.50. The van der Waals surface area contributed by atoms with Crippen molar-refractivity contribution in [3.8, 4) is 0 Å². The van der Waals surface area contributed by atoms with Crippen molar-refractivity contribution in [2.75, 3.05) is 33.2 Å². The van der Waals surface area contributed by atoms with E-state index in [0.29, 0.717) is 24.9 Å². The van der Waals surface area contributed by atoms with Gasteiger partial charge in [0.05, 0.1) is 0 Å². The second-order valence-electron chi connectivity index (χ2n) is 6.78. The van der Waals surface area contributed by atoms with Crippen LogP contribution in [0.2, 0.25) is 0 Å². The van der Waals surface area contributed by atoms with Gasteiger partial charge in [-0.2, -0.15) is 0 Å². The second-order valence-corrected chi connectivity index (χ2v) is 6.78. The van der Waals surface area contributed by atoms with Gasteiger partial charge in [-0.05, 0) is 49.9 Å². The normalized spacial score (nSPS) is 16.6. The minimum Gasteiger partial charge on any atom is -0.356 e. The third-order valence-electron chi connectivity index (χ3n) is 4.73. The molecule has 142 valence electrons. The van der Waals surface area contributed by atoms with Crippen LogP contribution >= 0.6 is 24.0 Å². The Morgan fingerprint density at radius 3 is 2.48 bits per heavy atom. The molecule has 25 heavy (non-hydrogen) atoms. The monoisotopic (exact) mass is 462 g/mol. The summed E-state index contributed by atoms with van der Waals surface area (Å²) in [5.74, 6) is 1.25. The molecule has 0 amide bonds. The quantitative estimate of drug-likeness (QED) is 0.371. The first-order chi connectivity index (χ1) is 11.6. The highest BCUT2D eigenvalue weighted by Crippen LogP contribution is 2.17. The van der Waals surface area contributed by atoms with E-state index in [1.165, 1.54) is 32.0 Å². The van der Waals surface area contributed by atoms with E-state index in [4.69, 9.17) is 0 Å². The molecule has 0 saturated carbocycles. The largest absolute Gasteiger partial charge is 0.356 e. The molecular weight excluding hydrogens is 430 g/mol. The van der Waals surface area contributed by atoms with Crippen molar-refractivity contribution in [3.05, 3.63) is 35.6 Å². The van der Waals surface area contributed by atoms with Crippen LogP contribution in [0.3, 0.4) is 0 Å². The highest BCUT2D eigenvalue weighted by molar-refractivity contribution is 14.0. The molecule has 2 rings (SSSR count). The maximum atomic E-state index is 13.6. The van der Waals surface area contributed by atoms with Crippen LogP contribution in [0.15, 0.2) is 29.3 Å². The molecule has 1 atom stereocenters. The molecule has 0 aromatic heterocycles. The van der Waals surface area contributed by atoms with E-state index in [1.807, 2.05) is 12.1 Å². The van der Waals surface area contributed by atoms with Crippen LogP contribution in [0.25, 0.3) is 0 Å². The molecule has 1 aliphatic rings. The summed E-state index contributed by atoms with van der Waals surface area (Å²) in [6, 6.07) is 7.45. The van der Waals surface area contributed by atoms with Gasteiger partial charge in [-0.1, -0.05) is 32.0 Å². The molecule has 1 aliphatic heterocycles. The van der Waals surface area contributed by atoms with Crippen LogP contribution in [0, 0.1) is 11.7 Å². The summed E-state index contributed by atoms with van der Waals surface area (Å²) in [5, 5.41) is 6.72. The van der Waals surface area contributed by atoms with E-state index in [0.717, 1.165) is 18.1 Å². The molecule has 1 saturated heterocycles. The summed E-state index contributed by atoms with van der Waals surface area (Å²) < 4.78 is 13.6. The molecule has 1 aromatic rings. The SMILES string of the molecule is CN=C(NCCc1ccccc1F)NCC(C(C)C)N1CCCC1.I. The molecular formula is C19H32FIN4. The molecule has 1 unspecified atom stereocenters. The maximum absolute atomic E-state index is 13.6. The van der Waals surface area contributed by atoms with Crippen LogP contribution in [0.4, 0.5) is 4.39 Å². The van der Waals surface area contributed by atoms with E-state index in [-0.39, 0.29) is 29.8 Å². The molecule has 4 nitrogen and oxygen atoms in total. The van der Waals surface area contributed by atoms with E-state index >= 15 is 0 Å². The first-order valence-corrected chi connectivity index (χ1v) is 9.03. The topological polar surface area (TPSA) is 39.7 Å². The van der Waals surface area contributed by atoms with Gasteiger partial charge in [-0.15, -0.1) is 24.0 Å². The minimum absolute atomic E-state index is 0. The number of rotatable bonds is 7. The van der Waals surface area contributed by atoms with Gasteiger partial charge in [0, 0.05) is 26.2 Å². The Kier molecular flexibility index (Phi) is 10.3. The summed E-state index contributed by atoms with van der Waals surface area (Å²) >= 11 is 0. The first-order valence-electron chi connectivity index (χ1n) is 9.03. The average Bonchev–Trinajstić information content (AvgIpc) is 3.09. The van der Waals surface area contributed by atoms with Crippen LogP contribution < -0.4 is 10.6 Å². The highest BCUT2D eigenvalue weighted by Gasteiger charge is 2.24. The van der Waals surface area contributed by atoms with Crippen LogP contribution in [-0.4, -0.2) is 50.1 Å². The number of nitrogens with one attached hydrogen (secondary N) is 2. The van der Waals surface area contributed by atoms with E-state index in [2.05, 4.69) is 34.4 Å². The molecule has 0 spiro atoms. The fraction of sp³-hybridized carbons (Fsp3) is 0.632. The van der Waals surface area contributed by atoms with Crippen molar-refractivity contribution in [3.63, 3.8) is 0 Å². The maximum Gasteiger partial charge on any atom is 0.191 e. The predicted octanol–water partition coefficient (Wildman–Crippen LogP) is 3.27. The Morgan fingerprint density at radius 2 is 1.88 bits per heavy atom. The number of hydrogen-bond donors (Lipinski definition) is 2. The third kappa shape index (κ3) is 7.09. The van der Waals surface area contributed by atoms with Crippen molar-refractivity contribution in [2.45, 2.75) is 39.2 Å². The van der Waals surface area contributed by atoms with Gasteiger partial charge in [-0.3, -0.25) is 9.89 Å². The lowest BCUT2D eigenvalue weighted by molar-refractivity contribution is 0.192. The van der Waals surface area contributed by atoms with Crippen molar-refractivity contribution >= 4 is 29.9 Å². The molecule has 0 radical (unpaired) electrons. The Bertz CT molecular complexity index is 530. The number of nitrogens with zero attached hydrogens (tertiary/aromatic N) is 2. The number of aliphatic imine (C=N–C) groups is 1. The standard InChI is InChI=1S/C19H31FN4.HI/c1-15(2)18(24-12-6-7-13-24)14-23-19(21-3)22-11-10-16-8-4-5-9-17(16)20;/h4-5,8-9,15,18H,6-7,10-14H2,1-3H3,(H2,21,22,23);1H. The minimum atomic E-state index is -0.142. The van der Waals surface area contributed by atoms with Gasteiger partial charge in [-0.25, -0.2) is 4.39 Å². The lowest BCUT2D eigenvalue weighted by Gasteiger charge is -2.31. The van der Waals surface area contributed by atoms with E-state index < -0.39 is 0 Å². The smallest absolute Gasteiger partial charge is 0.191 e. The Morgan fingerprint density at radius 1 is 1.20 bits per heavy atom. The van der Waals surface area contributed by atoms with Gasteiger partial charge in [0.25, 0.3) is 0 Å². The van der Waals surface area contributed by atoms with Crippen LogP contribution in [0.1, 0.15) is 32.3 Å². The van der Waals surface area contributed by atoms with Gasteiger partial charge in [0.15, 0.2) is 5.96 Å². The molecule has 1 heterocycles. The molecule has 0 bridgehead atoms. The Hall–Kier alpha value is -0.890. The Labute approximate surface area is 168 Å². The number of benzene rings is 1. The Balaban J connectivity index is 0.00000312. The van der Waals surface area contributed by atoms with Crippen molar-refractivity contribution in [1.29, 1.82) is 0 Å². The van der Waals surface area contributed by atoms with Gasteiger partial charge in [0.1, 0.15) is 5.82 Å². The number of guanidine groups is 1. The van der Waals surface area contributed by atoms with Gasteiger partial charge < -0.3 is 10.6 Å². The summed E-state index contributed by atoms with van der Waals surface area (Å²) in [7, 11) is 1.78. The molecule has 1 aromatic carbocycles. The van der Waals surface area contributed by atoms with Gasteiger partial charge >= 0.3 is 0 Å². The molecule has 0 aliphatic carbocycles. The van der Waals surface area contributed by atoms with E-state index in [9.17, 15) is 4.39 Å². The predicted molar refractivity (Wildman–Crippen MR) is 114 cm³/mol. The fourth-order valence-corrected chi connectivity index (χ4v) is 3.30. The number of halogens is 2. The lowest BCUT2D eigenvalue weighted by Crippen LogP contribution is -2.48. The second kappa shape index (κ2) is 11.7. The van der Waals surface area contributed by atoms with Crippen molar-refractivity contribution in [1.82, 2.24) is 15.5 Å². The van der Waals surface area contributed by atoms with Crippen molar-refractivity contribution < 1.29 is 4.39 Å². The zero-order valence-corrected chi connectivity index (χ0v) is 17.9. The third-order valence-corrected chi connectivity index (χ3v) is 4.73. The van der Waals surface area contributed by atoms with Gasteiger partial charge in [0.2, 0.25) is 0 Å². The van der Waals surface area contributed by atoms with Crippen LogP contribution in [0.5, 0.6) is 0 Å². The number of hydrogen-bond acceptors (Lipinski definition) is 2. The zero-order valence-electron chi connectivity index (χ0n) is 15.6. The van der Waals surface area contributed by atoms with Crippen molar-refractivity contribution in [2.24, 2.45) is 10.9 Å². The average molecular weight is 462 g/mol. The molecule has 2 N–H and O–H groups in total. The summed E-state index contributed by atoms with van der Waals surface area (Å²) in [6.07, 6.45) is 3.25. The molecule has 6 heteroatoms. The fourth-order valence-electron chi connectivity index (χ4n) is 3.30. The summed E-state index contributed by atoms with van der Waals surface area (Å²) in [4.78, 5) is 6.86. The molecule has 1 fully saturated rings. The highest BCUT2D eigenvalue weighted by atomic mass is 127. The zero-order chi connectivity index (χ0) is 17.4. The van der Waals surface area contributed by atoms with Crippen LogP contribution in [-0.2, 0) is 6.42 Å². The first kappa shape index (κ1) is 22.2. The van der Waals surface area contributed by atoms with E-state index in [1.54, 1.807) is 13.1 Å². The lowest BCUT2D eigenvalue weighted by atomic mass is 10.0. The summed E-state index contributed by atoms with van der Waals surface area (Å²) in [5.41, 5.74) is 0.734.